The van der Waals surface area contributed by atoms with Crippen LogP contribution in [0.3, 0.4) is 0 Å². The van der Waals surface area contributed by atoms with Crippen molar-refractivity contribution in [1.82, 2.24) is 9.80 Å². The number of hydrogen-bond acceptors (Lipinski definition) is 5. The predicted molar refractivity (Wildman–Crippen MR) is 125 cm³/mol. The van der Waals surface area contributed by atoms with E-state index < -0.39 is 0 Å². The molecule has 1 unspecified atom stereocenters. The lowest BCUT2D eigenvalue weighted by Crippen LogP contribution is -2.47. The molecule has 1 aliphatic rings. The Balaban J connectivity index is 1.71. The number of morpholine rings is 1. The molecule has 0 bridgehead atoms. The SMILES string of the molecule is COc1cc(Cl)c(C)cc1NC(=O)CN(Cc1ccccc1)C(C)CN1CCOCC1. The summed E-state index contributed by atoms with van der Waals surface area (Å²) in [5.41, 5.74) is 2.71. The van der Waals surface area contributed by atoms with Gasteiger partial charge >= 0.3 is 0 Å². The molecule has 0 saturated carbocycles. The van der Waals surface area contributed by atoms with Gasteiger partial charge in [-0.2, -0.15) is 0 Å². The number of nitrogens with one attached hydrogen (secondary N) is 1. The third-order valence-electron chi connectivity index (χ3n) is 5.58. The monoisotopic (exact) mass is 445 g/mol. The van der Waals surface area contributed by atoms with Crippen molar-refractivity contribution in [2.75, 3.05) is 51.8 Å². The Bertz CT molecular complexity index is 857. The summed E-state index contributed by atoms with van der Waals surface area (Å²) in [6.45, 7) is 9.36. The Kier molecular flexibility index (Phi) is 8.72. The highest BCUT2D eigenvalue weighted by molar-refractivity contribution is 6.31. The van der Waals surface area contributed by atoms with Gasteiger partial charge in [0.1, 0.15) is 5.75 Å². The number of hydrogen-bond donors (Lipinski definition) is 1. The summed E-state index contributed by atoms with van der Waals surface area (Å²) in [4.78, 5) is 17.6. The molecule has 1 heterocycles. The zero-order valence-electron chi connectivity index (χ0n) is 18.6. The normalized spacial score (nSPS) is 15.6. The highest BCUT2D eigenvalue weighted by Gasteiger charge is 2.22. The number of amides is 1. The van der Waals surface area contributed by atoms with E-state index >= 15 is 0 Å². The van der Waals surface area contributed by atoms with Gasteiger partial charge in [0, 0.05) is 43.3 Å². The van der Waals surface area contributed by atoms with Crippen molar-refractivity contribution in [1.29, 1.82) is 0 Å². The molecule has 1 atom stereocenters. The molecule has 3 rings (SSSR count). The first-order valence-electron chi connectivity index (χ1n) is 10.7. The second-order valence-electron chi connectivity index (χ2n) is 8.00. The fourth-order valence-electron chi connectivity index (χ4n) is 3.76. The minimum Gasteiger partial charge on any atom is -0.495 e. The lowest BCUT2D eigenvalue weighted by molar-refractivity contribution is -0.118. The van der Waals surface area contributed by atoms with E-state index in [1.165, 1.54) is 5.56 Å². The summed E-state index contributed by atoms with van der Waals surface area (Å²) in [6, 6.07) is 14.0. The van der Waals surface area contributed by atoms with Crippen LogP contribution in [0.25, 0.3) is 0 Å². The van der Waals surface area contributed by atoms with Gasteiger partial charge in [-0.3, -0.25) is 14.6 Å². The summed E-state index contributed by atoms with van der Waals surface area (Å²) in [5, 5.41) is 3.62. The van der Waals surface area contributed by atoms with Gasteiger partial charge < -0.3 is 14.8 Å². The third-order valence-corrected chi connectivity index (χ3v) is 5.99. The van der Waals surface area contributed by atoms with Crippen LogP contribution >= 0.6 is 11.6 Å². The Morgan fingerprint density at radius 3 is 2.65 bits per heavy atom. The zero-order valence-corrected chi connectivity index (χ0v) is 19.3. The smallest absolute Gasteiger partial charge is 0.238 e. The number of carbonyl (C=O) groups is 1. The van der Waals surface area contributed by atoms with Crippen molar-refractivity contribution in [2.45, 2.75) is 26.4 Å². The number of carbonyl (C=O) groups excluding carboxylic acids is 1. The maximum absolute atomic E-state index is 13.0. The van der Waals surface area contributed by atoms with E-state index in [0.717, 1.165) is 38.4 Å². The Hall–Kier alpha value is -2.12. The lowest BCUT2D eigenvalue weighted by Gasteiger charge is -2.34. The molecule has 1 amide bonds. The molecule has 1 fully saturated rings. The van der Waals surface area contributed by atoms with Crippen LogP contribution in [-0.4, -0.2) is 68.3 Å². The van der Waals surface area contributed by atoms with Gasteiger partial charge in [-0.05, 0) is 31.0 Å². The number of halogens is 1. The molecule has 0 aromatic heterocycles. The molecule has 2 aromatic rings. The molecule has 168 valence electrons. The molecule has 1 N–H and O–H groups in total. The topological polar surface area (TPSA) is 54.0 Å². The van der Waals surface area contributed by atoms with Crippen molar-refractivity contribution < 1.29 is 14.3 Å². The van der Waals surface area contributed by atoms with E-state index in [1.54, 1.807) is 13.2 Å². The second kappa shape index (κ2) is 11.5. The van der Waals surface area contributed by atoms with E-state index in [2.05, 4.69) is 34.2 Å². The van der Waals surface area contributed by atoms with Crippen LogP contribution < -0.4 is 10.1 Å². The van der Waals surface area contributed by atoms with Crippen molar-refractivity contribution in [2.24, 2.45) is 0 Å². The molecule has 0 spiro atoms. The summed E-state index contributed by atoms with van der Waals surface area (Å²) < 4.78 is 10.9. The summed E-state index contributed by atoms with van der Waals surface area (Å²) in [5.74, 6) is 0.477. The average molecular weight is 446 g/mol. The molecule has 31 heavy (non-hydrogen) atoms. The average Bonchev–Trinajstić information content (AvgIpc) is 2.77. The number of methoxy groups -OCH3 is 1. The first-order valence-corrected chi connectivity index (χ1v) is 11.1. The molecule has 1 saturated heterocycles. The summed E-state index contributed by atoms with van der Waals surface area (Å²) in [6.07, 6.45) is 0. The first-order chi connectivity index (χ1) is 15.0. The van der Waals surface area contributed by atoms with Crippen LogP contribution in [-0.2, 0) is 16.1 Å². The number of anilines is 1. The van der Waals surface area contributed by atoms with E-state index in [0.29, 0.717) is 23.0 Å². The van der Waals surface area contributed by atoms with Crippen LogP contribution in [0.4, 0.5) is 5.69 Å². The molecule has 0 radical (unpaired) electrons. The Morgan fingerprint density at radius 2 is 1.97 bits per heavy atom. The van der Waals surface area contributed by atoms with Gasteiger partial charge in [0.25, 0.3) is 0 Å². The highest BCUT2D eigenvalue weighted by Crippen LogP contribution is 2.31. The van der Waals surface area contributed by atoms with Crippen molar-refractivity contribution in [3.05, 3.63) is 58.6 Å². The number of benzene rings is 2. The van der Waals surface area contributed by atoms with Gasteiger partial charge in [0.15, 0.2) is 0 Å². The number of rotatable bonds is 9. The van der Waals surface area contributed by atoms with E-state index in [-0.39, 0.29) is 18.5 Å². The van der Waals surface area contributed by atoms with Crippen LogP contribution in [0.5, 0.6) is 5.75 Å². The Labute approximate surface area is 190 Å². The van der Waals surface area contributed by atoms with Crippen molar-refractivity contribution in [3.8, 4) is 5.75 Å². The van der Waals surface area contributed by atoms with Crippen LogP contribution in [0.2, 0.25) is 5.02 Å². The highest BCUT2D eigenvalue weighted by atomic mass is 35.5. The molecule has 2 aromatic carbocycles. The summed E-state index contributed by atoms with van der Waals surface area (Å²) >= 11 is 6.20. The van der Waals surface area contributed by atoms with E-state index in [1.807, 2.05) is 31.2 Å². The van der Waals surface area contributed by atoms with Gasteiger partial charge in [-0.1, -0.05) is 41.9 Å². The maximum Gasteiger partial charge on any atom is 0.238 e. The lowest BCUT2D eigenvalue weighted by atomic mass is 10.1. The predicted octanol–water partition coefficient (Wildman–Crippen LogP) is 3.82. The van der Waals surface area contributed by atoms with Gasteiger partial charge in [-0.25, -0.2) is 0 Å². The second-order valence-corrected chi connectivity index (χ2v) is 8.41. The molecule has 1 aliphatic heterocycles. The van der Waals surface area contributed by atoms with Crippen LogP contribution in [0.1, 0.15) is 18.1 Å². The quantitative estimate of drug-likeness (QED) is 0.636. The van der Waals surface area contributed by atoms with Gasteiger partial charge in [-0.15, -0.1) is 0 Å². The van der Waals surface area contributed by atoms with Crippen molar-refractivity contribution in [3.63, 3.8) is 0 Å². The van der Waals surface area contributed by atoms with Crippen molar-refractivity contribution >= 4 is 23.2 Å². The summed E-state index contributed by atoms with van der Waals surface area (Å²) in [7, 11) is 1.57. The fraction of sp³-hybridized carbons (Fsp3) is 0.458. The number of ether oxygens (including phenoxy) is 2. The van der Waals surface area contributed by atoms with Gasteiger partial charge in [0.05, 0.1) is 32.6 Å². The molecular formula is C24H32ClN3O3. The molecule has 0 aliphatic carbocycles. The van der Waals surface area contributed by atoms with Gasteiger partial charge in [0.2, 0.25) is 5.91 Å². The molecular weight excluding hydrogens is 414 g/mol. The zero-order chi connectivity index (χ0) is 22.2. The largest absolute Gasteiger partial charge is 0.495 e. The fourth-order valence-corrected chi connectivity index (χ4v) is 3.92. The molecule has 6 nitrogen and oxygen atoms in total. The Morgan fingerprint density at radius 1 is 1.26 bits per heavy atom. The van der Waals surface area contributed by atoms with E-state index in [9.17, 15) is 4.79 Å². The standard InChI is InChI=1S/C24H32ClN3O3/c1-18-13-22(23(30-3)14-21(18)25)26-24(29)17-28(16-20-7-5-4-6-8-20)19(2)15-27-9-11-31-12-10-27/h4-8,13-14,19H,9-12,15-17H2,1-3H3,(H,26,29). The first kappa shape index (κ1) is 23.5. The van der Waals surface area contributed by atoms with Crippen LogP contribution in [0.15, 0.2) is 42.5 Å². The number of aryl methyl sites for hydroxylation is 1. The third kappa shape index (κ3) is 6.94. The minimum atomic E-state index is -0.0789. The maximum atomic E-state index is 13.0. The number of nitrogens with zero attached hydrogens (tertiary/aromatic N) is 2. The van der Waals surface area contributed by atoms with E-state index in [4.69, 9.17) is 21.1 Å². The molecule has 7 heteroatoms. The van der Waals surface area contributed by atoms with Crippen LogP contribution in [0, 0.1) is 6.92 Å². The minimum absolute atomic E-state index is 0.0789.